The number of aryl methyl sites for hydroxylation is 1. The van der Waals surface area contributed by atoms with Gasteiger partial charge in [-0.1, -0.05) is 0 Å². The van der Waals surface area contributed by atoms with Gasteiger partial charge in [-0.15, -0.1) is 0 Å². The minimum atomic E-state index is 0.100. The highest BCUT2D eigenvalue weighted by atomic mass is 35.5. The topological polar surface area (TPSA) is 76.6 Å². The maximum atomic E-state index is 5.82. The van der Waals surface area contributed by atoms with E-state index in [0.717, 1.165) is 5.69 Å². The minimum absolute atomic E-state index is 0.100. The van der Waals surface area contributed by atoms with E-state index >= 15 is 0 Å². The number of ether oxygens (including phenoxy) is 1. The van der Waals surface area contributed by atoms with Gasteiger partial charge in [0.05, 0.1) is 11.9 Å². The lowest BCUT2D eigenvalue weighted by atomic mass is 10.3. The Labute approximate surface area is 107 Å². The first-order valence-corrected chi connectivity index (χ1v) is 5.58. The van der Waals surface area contributed by atoms with Crippen molar-refractivity contribution in [1.29, 1.82) is 0 Å². The molecule has 3 rings (SSSR count). The summed E-state index contributed by atoms with van der Waals surface area (Å²) in [6.45, 7) is 1.85. The van der Waals surface area contributed by atoms with Crippen LogP contribution in [0.25, 0.3) is 11.0 Å². The minimum Gasteiger partial charge on any atom is -0.436 e. The van der Waals surface area contributed by atoms with Crippen LogP contribution in [-0.4, -0.2) is 25.1 Å². The third-order valence-corrected chi connectivity index (χ3v) is 2.58. The van der Waals surface area contributed by atoms with Crippen LogP contribution < -0.4 is 4.74 Å². The second-order valence-electron chi connectivity index (χ2n) is 3.62. The third-order valence-electron chi connectivity index (χ3n) is 2.41. The van der Waals surface area contributed by atoms with Crippen LogP contribution in [0.3, 0.4) is 0 Å². The van der Waals surface area contributed by atoms with E-state index in [-0.39, 0.29) is 5.28 Å². The molecule has 0 saturated carbocycles. The largest absolute Gasteiger partial charge is 0.436 e. The molecule has 0 aliphatic carbocycles. The van der Waals surface area contributed by atoms with Crippen molar-refractivity contribution in [1.82, 2.24) is 25.1 Å². The summed E-state index contributed by atoms with van der Waals surface area (Å²) in [5, 5.41) is 7.37. The molecule has 0 aromatic carbocycles. The molecule has 0 atom stereocenters. The van der Waals surface area contributed by atoms with Gasteiger partial charge in [0.2, 0.25) is 11.2 Å². The standard InChI is InChI=1S/C11H8ClN5O/c1-6-8(3-2-4-13-6)18-10-7-5-14-17-9(7)15-11(12)16-10/h2-5H,1H3,(H,14,15,16,17). The van der Waals surface area contributed by atoms with E-state index in [1.807, 2.05) is 13.0 Å². The van der Waals surface area contributed by atoms with Crippen LogP contribution in [0.5, 0.6) is 11.6 Å². The molecule has 7 heteroatoms. The van der Waals surface area contributed by atoms with Gasteiger partial charge in [0.1, 0.15) is 5.39 Å². The SMILES string of the molecule is Cc1ncccc1Oc1nc(Cl)nc2[nH]ncc12. The van der Waals surface area contributed by atoms with E-state index in [2.05, 4.69) is 25.1 Å². The predicted molar refractivity (Wildman–Crippen MR) is 65.7 cm³/mol. The Morgan fingerprint density at radius 3 is 3.06 bits per heavy atom. The Morgan fingerprint density at radius 1 is 1.33 bits per heavy atom. The van der Waals surface area contributed by atoms with Crippen LogP contribution in [-0.2, 0) is 0 Å². The molecule has 0 spiro atoms. The number of aromatic nitrogens is 5. The van der Waals surface area contributed by atoms with E-state index in [1.165, 1.54) is 0 Å². The van der Waals surface area contributed by atoms with E-state index in [1.54, 1.807) is 18.5 Å². The molecule has 0 unspecified atom stereocenters. The summed E-state index contributed by atoms with van der Waals surface area (Å²) in [7, 11) is 0. The zero-order chi connectivity index (χ0) is 12.5. The Bertz CT molecular complexity index is 711. The highest BCUT2D eigenvalue weighted by Gasteiger charge is 2.11. The summed E-state index contributed by atoms with van der Waals surface area (Å²) >= 11 is 5.82. The summed E-state index contributed by atoms with van der Waals surface area (Å²) in [6, 6.07) is 3.60. The van der Waals surface area contributed by atoms with Crippen molar-refractivity contribution in [3.63, 3.8) is 0 Å². The zero-order valence-corrected chi connectivity index (χ0v) is 10.1. The smallest absolute Gasteiger partial charge is 0.234 e. The van der Waals surface area contributed by atoms with Crippen molar-refractivity contribution in [2.75, 3.05) is 0 Å². The highest BCUT2D eigenvalue weighted by molar-refractivity contribution is 6.28. The van der Waals surface area contributed by atoms with Gasteiger partial charge in [-0.25, -0.2) is 0 Å². The first kappa shape index (κ1) is 10.9. The summed E-state index contributed by atoms with van der Waals surface area (Å²) in [4.78, 5) is 12.2. The molecule has 0 amide bonds. The van der Waals surface area contributed by atoms with Crippen molar-refractivity contribution in [2.45, 2.75) is 6.92 Å². The maximum Gasteiger partial charge on any atom is 0.234 e. The monoisotopic (exact) mass is 261 g/mol. The Kier molecular flexibility index (Phi) is 2.56. The van der Waals surface area contributed by atoms with Gasteiger partial charge in [0, 0.05) is 6.20 Å². The fourth-order valence-electron chi connectivity index (χ4n) is 1.54. The van der Waals surface area contributed by atoms with Gasteiger partial charge in [0.15, 0.2) is 11.4 Å². The number of H-pyrrole nitrogens is 1. The second-order valence-corrected chi connectivity index (χ2v) is 3.96. The fourth-order valence-corrected chi connectivity index (χ4v) is 1.70. The number of nitrogens with one attached hydrogen (secondary N) is 1. The number of hydrogen-bond donors (Lipinski definition) is 1. The summed E-state index contributed by atoms with van der Waals surface area (Å²) in [5.74, 6) is 0.976. The summed E-state index contributed by atoms with van der Waals surface area (Å²) in [5.41, 5.74) is 1.30. The van der Waals surface area contributed by atoms with Gasteiger partial charge in [-0.3, -0.25) is 10.1 Å². The summed E-state index contributed by atoms with van der Waals surface area (Å²) in [6.07, 6.45) is 3.29. The second kappa shape index (κ2) is 4.23. The van der Waals surface area contributed by atoms with Gasteiger partial charge >= 0.3 is 0 Å². The first-order valence-electron chi connectivity index (χ1n) is 5.20. The van der Waals surface area contributed by atoms with Crippen molar-refractivity contribution in [3.05, 3.63) is 35.5 Å². The van der Waals surface area contributed by atoms with E-state index < -0.39 is 0 Å². The Hall–Kier alpha value is -2.21. The average Bonchev–Trinajstić information content (AvgIpc) is 2.80. The molecule has 3 aromatic rings. The van der Waals surface area contributed by atoms with Gasteiger partial charge in [-0.2, -0.15) is 15.1 Å². The van der Waals surface area contributed by atoms with Crippen LogP contribution in [0.1, 0.15) is 5.69 Å². The molecular weight excluding hydrogens is 254 g/mol. The number of fused-ring (bicyclic) bond motifs is 1. The number of pyridine rings is 1. The molecule has 0 aliphatic heterocycles. The molecule has 18 heavy (non-hydrogen) atoms. The molecule has 0 fully saturated rings. The first-order chi connectivity index (χ1) is 8.74. The van der Waals surface area contributed by atoms with E-state index in [9.17, 15) is 0 Å². The Balaban J connectivity index is 2.10. The van der Waals surface area contributed by atoms with Gasteiger partial charge in [-0.05, 0) is 30.7 Å². The van der Waals surface area contributed by atoms with E-state index in [4.69, 9.17) is 16.3 Å². The van der Waals surface area contributed by atoms with Crippen LogP contribution in [0.15, 0.2) is 24.5 Å². The van der Waals surface area contributed by atoms with Crippen molar-refractivity contribution >= 4 is 22.6 Å². The number of aromatic amines is 1. The maximum absolute atomic E-state index is 5.82. The van der Waals surface area contributed by atoms with Crippen LogP contribution in [0.4, 0.5) is 0 Å². The zero-order valence-electron chi connectivity index (χ0n) is 9.38. The molecule has 3 aromatic heterocycles. The van der Waals surface area contributed by atoms with Crippen LogP contribution in [0.2, 0.25) is 5.28 Å². The normalized spacial score (nSPS) is 10.8. The summed E-state index contributed by atoms with van der Waals surface area (Å²) < 4.78 is 5.70. The Morgan fingerprint density at radius 2 is 2.22 bits per heavy atom. The molecule has 3 heterocycles. The molecule has 6 nitrogen and oxygen atoms in total. The quantitative estimate of drug-likeness (QED) is 0.717. The lowest BCUT2D eigenvalue weighted by Gasteiger charge is -2.07. The third kappa shape index (κ3) is 1.86. The predicted octanol–water partition coefficient (Wildman–Crippen LogP) is 2.50. The molecule has 0 radical (unpaired) electrons. The number of halogens is 1. The van der Waals surface area contributed by atoms with Crippen LogP contribution in [0, 0.1) is 6.92 Å². The number of nitrogens with zero attached hydrogens (tertiary/aromatic N) is 4. The molecule has 1 N–H and O–H groups in total. The lowest BCUT2D eigenvalue weighted by Crippen LogP contribution is -1.94. The van der Waals surface area contributed by atoms with Crippen molar-refractivity contribution in [2.24, 2.45) is 0 Å². The average molecular weight is 262 g/mol. The fraction of sp³-hybridized carbons (Fsp3) is 0.0909. The van der Waals surface area contributed by atoms with Gasteiger partial charge in [0.25, 0.3) is 0 Å². The lowest BCUT2D eigenvalue weighted by molar-refractivity contribution is 0.462. The van der Waals surface area contributed by atoms with Crippen LogP contribution >= 0.6 is 11.6 Å². The highest BCUT2D eigenvalue weighted by Crippen LogP contribution is 2.28. The van der Waals surface area contributed by atoms with Crippen molar-refractivity contribution in [3.8, 4) is 11.6 Å². The number of rotatable bonds is 2. The molecule has 0 aliphatic rings. The van der Waals surface area contributed by atoms with Crippen molar-refractivity contribution < 1.29 is 4.74 Å². The number of hydrogen-bond acceptors (Lipinski definition) is 5. The van der Waals surface area contributed by atoms with Gasteiger partial charge < -0.3 is 4.74 Å². The molecule has 90 valence electrons. The molecule has 0 saturated heterocycles. The molecule has 0 bridgehead atoms. The molecular formula is C11H8ClN5O. The van der Waals surface area contributed by atoms with E-state index in [0.29, 0.717) is 22.7 Å².